The molecule has 1 saturated heterocycles. The Morgan fingerprint density at radius 2 is 1.65 bits per heavy atom. The maximum Gasteiger partial charge on any atom is 0.315 e. The van der Waals surface area contributed by atoms with Crippen molar-refractivity contribution in [1.29, 1.82) is 0 Å². The zero-order valence-electron chi connectivity index (χ0n) is 16.3. The molecule has 1 aliphatic heterocycles. The number of nitrogens with zero attached hydrogens (tertiary/aromatic N) is 2. The van der Waals surface area contributed by atoms with Gasteiger partial charge in [-0.2, -0.15) is 0 Å². The van der Waals surface area contributed by atoms with E-state index in [1.165, 1.54) is 0 Å². The van der Waals surface area contributed by atoms with E-state index in [0.717, 1.165) is 45.7 Å². The third-order valence-electron chi connectivity index (χ3n) is 4.20. The van der Waals surface area contributed by atoms with Crippen molar-refractivity contribution < 1.29 is 4.79 Å². The molecule has 0 saturated carbocycles. The lowest BCUT2D eigenvalue weighted by molar-refractivity contribution is 0.138. The summed E-state index contributed by atoms with van der Waals surface area (Å²) in [6.45, 7) is 19.3. The molecule has 2 N–H and O–H groups in total. The van der Waals surface area contributed by atoms with Crippen LogP contribution in [0.4, 0.5) is 4.79 Å². The van der Waals surface area contributed by atoms with Crippen LogP contribution in [0.15, 0.2) is 0 Å². The Bertz CT molecular complexity index is 368. The average Bonchev–Trinajstić information content (AvgIpc) is 2.35. The Labute approximate surface area is 143 Å². The lowest BCUT2D eigenvalue weighted by Gasteiger charge is -2.34. The predicted molar refractivity (Wildman–Crippen MR) is 97.8 cm³/mol. The van der Waals surface area contributed by atoms with Gasteiger partial charge in [-0.25, -0.2) is 4.79 Å². The Kier molecular flexibility index (Phi) is 7.33. The van der Waals surface area contributed by atoms with Crippen molar-refractivity contribution in [3.05, 3.63) is 0 Å². The molecule has 1 fully saturated rings. The number of carbonyl (C=O) groups excluding carboxylic acids is 1. The number of carbonyl (C=O) groups is 1. The molecule has 5 nitrogen and oxygen atoms in total. The first-order chi connectivity index (χ1) is 10.5. The van der Waals surface area contributed by atoms with Crippen LogP contribution in [0.1, 0.15) is 48.0 Å². The van der Waals surface area contributed by atoms with E-state index in [-0.39, 0.29) is 17.0 Å². The van der Waals surface area contributed by atoms with Gasteiger partial charge in [-0.1, -0.05) is 27.7 Å². The highest BCUT2D eigenvalue weighted by Gasteiger charge is 2.27. The van der Waals surface area contributed by atoms with Crippen LogP contribution in [0.5, 0.6) is 0 Å². The Hall–Kier alpha value is -0.810. The fraction of sp³-hybridized carbons (Fsp3) is 0.944. The molecule has 0 aromatic rings. The Balaban J connectivity index is 2.27. The van der Waals surface area contributed by atoms with E-state index in [2.05, 4.69) is 69.0 Å². The number of amides is 2. The maximum atomic E-state index is 12.1. The van der Waals surface area contributed by atoms with Crippen LogP contribution >= 0.6 is 0 Å². The summed E-state index contributed by atoms with van der Waals surface area (Å²) in [5.74, 6) is 0.467. The summed E-state index contributed by atoms with van der Waals surface area (Å²) in [7, 11) is 2.17. The molecule has 1 aliphatic rings. The highest BCUT2D eigenvalue weighted by atomic mass is 16.2. The summed E-state index contributed by atoms with van der Waals surface area (Å²) in [5, 5.41) is 6.14. The quantitative estimate of drug-likeness (QED) is 0.788. The molecular formula is C18H38N4O. The van der Waals surface area contributed by atoms with Crippen LogP contribution in [0.25, 0.3) is 0 Å². The van der Waals surface area contributed by atoms with Gasteiger partial charge in [0.1, 0.15) is 0 Å². The number of nitrogens with one attached hydrogen (secondary N) is 2. The summed E-state index contributed by atoms with van der Waals surface area (Å²) in [6.07, 6.45) is 0.949. The molecule has 1 heterocycles. The first-order valence-corrected chi connectivity index (χ1v) is 8.94. The van der Waals surface area contributed by atoms with E-state index in [9.17, 15) is 4.79 Å². The first kappa shape index (κ1) is 20.2. The molecule has 0 radical (unpaired) electrons. The average molecular weight is 327 g/mol. The van der Waals surface area contributed by atoms with Crippen LogP contribution in [-0.2, 0) is 0 Å². The van der Waals surface area contributed by atoms with Gasteiger partial charge in [0.25, 0.3) is 0 Å². The number of rotatable bonds is 6. The molecule has 0 unspecified atom stereocenters. The minimum atomic E-state index is -0.191. The van der Waals surface area contributed by atoms with Crippen molar-refractivity contribution in [3.8, 4) is 0 Å². The summed E-state index contributed by atoms with van der Waals surface area (Å²) in [6, 6.07) is -0.0514. The van der Waals surface area contributed by atoms with Gasteiger partial charge in [0.2, 0.25) is 0 Å². The summed E-state index contributed by atoms with van der Waals surface area (Å²) < 4.78 is 0. The lowest BCUT2D eigenvalue weighted by Crippen LogP contribution is -2.51. The van der Waals surface area contributed by atoms with Gasteiger partial charge in [0, 0.05) is 44.8 Å². The van der Waals surface area contributed by atoms with Gasteiger partial charge in [0.15, 0.2) is 0 Å². The van der Waals surface area contributed by atoms with Crippen LogP contribution in [-0.4, -0.2) is 67.7 Å². The van der Waals surface area contributed by atoms with Gasteiger partial charge in [-0.3, -0.25) is 0 Å². The highest BCUT2D eigenvalue weighted by molar-refractivity contribution is 5.74. The monoisotopic (exact) mass is 326 g/mol. The molecule has 0 spiro atoms. The van der Waals surface area contributed by atoms with E-state index >= 15 is 0 Å². The summed E-state index contributed by atoms with van der Waals surface area (Å²) >= 11 is 0. The minimum Gasteiger partial charge on any atom is -0.338 e. The smallest absolute Gasteiger partial charge is 0.315 e. The number of urea groups is 1. The summed E-state index contributed by atoms with van der Waals surface area (Å²) in [5.41, 5.74) is 0.00845. The Morgan fingerprint density at radius 1 is 1.09 bits per heavy atom. The van der Waals surface area contributed by atoms with Crippen molar-refractivity contribution in [2.24, 2.45) is 11.3 Å². The van der Waals surface area contributed by atoms with Crippen molar-refractivity contribution in [3.63, 3.8) is 0 Å². The van der Waals surface area contributed by atoms with E-state index < -0.39 is 0 Å². The van der Waals surface area contributed by atoms with Gasteiger partial charge in [-0.05, 0) is 38.6 Å². The third-order valence-corrected chi connectivity index (χ3v) is 4.20. The zero-order chi connectivity index (χ0) is 17.7. The second kappa shape index (κ2) is 8.34. The molecule has 136 valence electrons. The van der Waals surface area contributed by atoms with Crippen molar-refractivity contribution in [2.45, 2.75) is 53.5 Å². The largest absolute Gasteiger partial charge is 0.338 e. The summed E-state index contributed by atoms with van der Waals surface area (Å²) in [4.78, 5) is 17.0. The number of piperazine rings is 1. The molecule has 0 bridgehead atoms. The number of likely N-dealkylation sites (N-methyl/N-ethyl adjacent to an activating group) is 1. The zero-order valence-corrected chi connectivity index (χ0v) is 16.3. The maximum absolute atomic E-state index is 12.1. The standard InChI is InChI=1S/C18H38N4O/c1-15(13-22-10-8-21(7)9-11-22)12-19-16(23)20-18(5,6)14-17(2,3)4/h15H,8-14H2,1-7H3,(H2,19,20,23)/t15-/m1/s1. The Morgan fingerprint density at radius 3 is 2.17 bits per heavy atom. The second-order valence-electron chi connectivity index (χ2n) is 9.17. The molecule has 2 amide bonds. The van der Waals surface area contributed by atoms with Gasteiger partial charge < -0.3 is 20.4 Å². The highest BCUT2D eigenvalue weighted by Crippen LogP contribution is 2.26. The topological polar surface area (TPSA) is 47.6 Å². The normalized spacial score (nSPS) is 19.4. The van der Waals surface area contributed by atoms with Crippen molar-refractivity contribution >= 4 is 6.03 Å². The minimum absolute atomic E-state index is 0.0514. The van der Waals surface area contributed by atoms with Crippen LogP contribution in [0, 0.1) is 11.3 Å². The second-order valence-corrected chi connectivity index (χ2v) is 9.17. The van der Waals surface area contributed by atoms with E-state index in [0.29, 0.717) is 5.92 Å². The SMILES string of the molecule is C[C@H](CNC(=O)NC(C)(C)CC(C)(C)C)CN1CCN(C)CC1. The number of hydrogen-bond donors (Lipinski definition) is 2. The van der Waals surface area contributed by atoms with E-state index in [1.54, 1.807) is 0 Å². The first-order valence-electron chi connectivity index (χ1n) is 8.94. The van der Waals surface area contributed by atoms with E-state index in [1.807, 2.05) is 0 Å². The van der Waals surface area contributed by atoms with Crippen LogP contribution < -0.4 is 10.6 Å². The molecule has 0 aliphatic carbocycles. The van der Waals surface area contributed by atoms with E-state index in [4.69, 9.17) is 0 Å². The molecular weight excluding hydrogens is 288 g/mol. The van der Waals surface area contributed by atoms with Gasteiger partial charge in [-0.15, -0.1) is 0 Å². The van der Waals surface area contributed by atoms with Crippen molar-refractivity contribution in [2.75, 3.05) is 46.3 Å². The van der Waals surface area contributed by atoms with Crippen molar-refractivity contribution in [1.82, 2.24) is 20.4 Å². The molecule has 0 aromatic carbocycles. The van der Waals surface area contributed by atoms with Gasteiger partial charge in [0.05, 0.1) is 0 Å². The fourth-order valence-corrected chi connectivity index (χ4v) is 3.52. The molecule has 1 atom stereocenters. The third kappa shape index (κ3) is 9.16. The number of hydrogen-bond acceptors (Lipinski definition) is 3. The lowest BCUT2D eigenvalue weighted by atomic mass is 9.82. The van der Waals surface area contributed by atoms with Gasteiger partial charge >= 0.3 is 6.03 Å². The van der Waals surface area contributed by atoms with Crippen LogP contribution in [0.3, 0.4) is 0 Å². The predicted octanol–water partition coefficient (Wildman–Crippen LogP) is 2.38. The molecule has 5 heteroatoms. The fourth-order valence-electron chi connectivity index (χ4n) is 3.52. The molecule has 23 heavy (non-hydrogen) atoms. The molecule has 1 rings (SSSR count). The van der Waals surface area contributed by atoms with Crippen LogP contribution in [0.2, 0.25) is 0 Å². The molecule has 0 aromatic heterocycles.